The molecule has 0 aliphatic rings. The van der Waals surface area contributed by atoms with Crippen LogP contribution in [-0.4, -0.2) is 42.3 Å². The van der Waals surface area contributed by atoms with E-state index in [4.69, 9.17) is 8.94 Å². The van der Waals surface area contributed by atoms with Crippen molar-refractivity contribution in [1.82, 2.24) is 35.2 Å². The zero-order valence-corrected chi connectivity index (χ0v) is 14.3. The van der Waals surface area contributed by atoms with Crippen LogP contribution in [0.2, 0.25) is 0 Å². The maximum Gasteiger partial charge on any atom is 0.316 e. The molecule has 11 heteroatoms. The van der Waals surface area contributed by atoms with Crippen LogP contribution in [0.1, 0.15) is 10.7 Å². The maximum absolute atomic E-state index is 12.2. The summed E-state index contributed by atoms with van der Waals surface area (Å²) in [6.45, 7) is 0.292. The van der Waals surface area contributed by atoms with Crippen molar-refractivity contribution in [2.75, 3.05) is 6.54 Å². The number of nitrogens with zero attached hydrogens (tertiary/aromatic N) is 6. The molecule has 0 aromatic carbocycles. The van der Waals surface area contributed by atoms with Gasteiger partial charge in [0.2, 0.25) is 5.82 Å². The Labute approximate surface area is 157 Å². The van der Waals surface area contributed by atoms with Gasteiger partial charge in [0, 0.05) is 25.0 Å². The quantitative estimate of drug-likeness (QED) is 0.514. The van der Waals surface area contributed by atoms with Gasteiger partial charge in [0.05, 0.1) is 19.0 Å². The minimum Gasteiger partial charge on any atom is -0.463 e. The predicted octanol–water partition coefficient (Wildman–Crippen LogP) is 0.773. The smallest absolute Gasteiger partial charge is 0.316 e. The van der Waals surface area contributed by atoms with Gasteiger partial charge in [0.15, 0.2) is 5.76 Å². The summed E-state index contributed by atoms with van der Waals surface area (Å²) in [6.07, 6.45) is 5.96. The molecule has 0 saturated heterocycles. The topological polar surface area (TPSA) is 142 Å². The molecule has 140 valence electrons. The third kappa shape index (κ3) is 3.67. The first kappa shape index (κ1) is 17.3. The summed E-state index contributed by atoms with van der Waals surface area (Å²) in [6, 6.07) is 6.43. The molecule has 0 aliphatic carbocycles. The minimum atomic E-state index is -0.571. The van der Waals surface area contributed by atoms with E-state index in [1.807, 2.05) is 0 Å². The molecule has 0 spiro atoms. The number of rotatable bonds is 6. The Hall–Kier alpha value is -4.15. The fraction of sp³-hybridized carbons (Fsp3) is 0.118. The van der Waals surface area contributed by atoms with Crippen LogP contribution in [0.25, 0.3) is 23.0 Å². The van der Waals surface area contributed by atoms with E-state index in [0.717, 1.165) is 0 Å². The Morgan fingerprint density at radius 3 is 2.89 bits per heavy atom. The van der Waals surface area contributed by atoms with Gasteiger partial charge in [0.1, 0.15) is 11.4 Å². The molecule has 0 fully saturated rings. The van der Waals surface area contributed by atoms with E-state index < -0.39 is 5.91 Å². The first-order valence-electron chi connectivity index (χ1n) is 8.21. The number of carbonyl (C=O) groups is 1. The Morgan fingerprint density at radius 1 is 1.18 bits per heavy atom. The molecule has 11 nitrogen and oxygen atoms in total. The zero-order valence-electron chi connectivity index (χ0n) is 14.3. The van der Waals surface area contributed by atoms with E-state index in [1.165, 1.54) is 35.6 Å². The highest BCUT2D eigenvalue weighted by Crippen LogP contribution is 2.15. The highest BCUT2D eigenvalue weighted by atomic mass is 16.5. The summed E-state index contributed by atoms with van der Waals surface area (Å²) in [5.41, 5.74) is 0.601. The lowest BCUT2D eigenvalue weighted by atomic mass is 10.3. The minimum absolute atomic E-state index is 0.135. The number of hydrogen-bond acceptors (Lipinski definition) is 9. The lowest BCUT2D eigenvalue weighted by Crippen LogP contribution is -2.32. The van der Waals surface area contributed by atoms with E-state index in [9.17, 15) is 9.59 Å². The van der Waals surface area contributed by atoms with E-state index in [2.05, 4.69) is 30.5 Å². The van der Waals surface area contributed by atoms with Gasteiger partial charge in [-0.1, -0.05) is 5.16 Å². The van der Waals surface area contributed by atoms with Crippen molar-refractivity contribution >= 4 is 5.91 Å². The molecule has 0 aliphatic heterocycles. The Bertz CT molecular complexity index is 1140. The molecule has 0 atom stereocenters. The maximum atomic E-state index is 12.2. The second-order valence-corrected chi connectivity index (χ2v) is 5.53. The number of aromatic nitrogens is 6. The monoisotopic (exact) mass is 379 g/mol. The van der Waals surface area contributed by atoms with Gasteiger partial charge >= 0.3 is 11.8 Å². The molecule has 1 N–H and O–H groups in total. The molecular weight excluding hydrogens is 366 g/mol. The summed E-state index contributed by atoms with van der Waals surface area (Å²) in [5, 5.41) is 10.5. The van der Waals surface area contributed by atoms with E-state index in [-0.39, 0.29) is 30.4 Å². The van der Waals surface area contributed by atoms with E-state index >= 15 is 0 Å². The molecule has 0 bridgehead atoms. The van der Waals surface area contributed by atoms with Crippen LogP contribution in [0.4, 0.5) is 0 Å². The molecule has 4 heterocycles. The van der Waals surface area contributed by atoms with Crippen molar-refractivity contribution in [1.29, 1.82) is 0 Å². The van der Waals surface area contributed by atoms with Crippen molar-refractivity contribution in [3.8, 4) is 23.0 Å². The van der Waals surface area contributed by atoms with Crippen molar-refractivity contribution in [3.63, 3.8) is 0 Å². The molecular formula is C17H13N7O4. The Kier molecular flexibility index (Phi) is 4.70. The van der Waals surface area contributed by atoms with E-state index in [0.29, 0.717) is 17.1 Å². The summed E-state index contributed by atoms with van der Waals surface area (Å²) < 4.78 is 11.4. The van der Waals surface area contributed by atoms with Gasteiger partial charge in [-0.15, -0.1) is 0 Å². The SMILES string of the molecule is O=C(NCCn1nc(-c2ccco2)ccc1=O)c1nc(-c2cnccn2)no1. The number of furan rings is 1. The van der Waals surface area contributed by atoms with Gasteiger partial charge in [-0.25, -0.2) is 9.67 Å². The van der Waals surface area contributed by atoms with Crippen LogP contribution >= 0.6 is 0 Å². The van der Waals surface area contributed by atoms with Crippen LogP contribution in [0.5, 0.6) is 0 Å². The largest absolute Gasteiger partial charge is 0.463 e. The van der Waals surface area contributed by atoms with Crippen LogP contribution in [0.3, 0.4) is 0 Å². The molecule has 0 saturated carbocycles. The fourth-order valence-corrected chi connectivity index (χ4v) is 2.35. The van der Waals surface area contributed by atoms with Gasteiger partial charge in [-0.3, -0.25) is 14.6 Å². The molecule has 0 radical (unpaired) electrons. The van der Waals surface area contributed by atoms with Gasteiger partial charge < -0.3 is 14.3 Å². The molecule has 28 heavy (non-hydrogen) atoms. The fourth-order valence-electron chi connectivity index (χ4n) is 2.35. The number of amides is 1. The number of hydrogen-bond donors (Lipinski definition) is 1. The standard InChI is InChI=1S/C17H13N7O4/c25-14-4-3-11(13-2-1-9-27-13)22-24(14)8-7-20-16(26)17-21-15(23-28-17)12-10-18-5-6-19-12/h1-6,9-10H,7-8H2,(H,20,26). The highest BCUT2D eigenvalue weighted by Gasteiger charge is 2.16. The summed E-state index contributed by atoms with van der Waals surface area (Å²) in [5.74, 6) is -0.0920. The highest BCUT2D eigenvalue weighted by molar-refractivity contribution is 5.89. The first-order valence-corrected chi connectivity index (χ1v) is 8.21. The summed E-state index contributed by atoms with van der Waals surface area (Å²) >= 11 is 0. The normalized spacial score (nSPS) is 10.7. The third-order valence-electron chi connectivity index (χ3n) is 3.66. The average Bonchev–Trinajstić information content (AvgIpc) is 3.42. The zero-order chi connectivity index (χ0) is 19.3. The van der Waals surface area contributed by atoms with Crippen LogP contribution < -0.4 is 10.9 Å². The van der Waals surface area contributed by atoms with Gasteiger partial charge in [-0.2, -0.15) is 10.1 Å². The Morgan fingerprint density at radius 2 is 2.11 bits per heavy atom. The third-order valence-corrected chi connectivity index (χ3v) is 3.66. The average molecular weight is 379 g/mol. The molecule has 4 aromatic rings. The molecule has 4 aromatic heterocycles. The van der Waals surface area contributed by atoms with Crippen molar-refractivity contribution in [3.05, 3.63) is 65.4 Å². The number of carbonyl (C=O) groups excluding carboxylic acids is 1. The van der Waals surface area contributed by atoms with Crippen LogP contribution in [0, 0.1) is 0 Å². The summed E-state index contributed by atoms with van der Waals surface area (Å²) in [4.78, 5) is 36.0. The Balaban J connectivity index is 1.39. The lowest BCUT2D eigenvalue weighted by Gasteiger charge is -2.06. The summed E-state index contributed by atoms with van der Waals surface area (Å²) in [7, 11) is 0. The van der Waals surface area contributed by atoms with Crippen LogP contribution in [-0.2, 0) is 6.54 Å². The van der Waals surface area contributed by atoms with Crippen molar-refractivity contribution in [2.45, 2.75) is 6.54 Å². The lowest BCUT2D eigenvalue weighted by molar-refractivity contribution is 0.0908. The van der Waals surface area contributed by atoms with Crippen LogP contribution in [0.15, 0.2) is 62.9 Å². The predicted molar refractivity (Wildman–Crippen MR) is 93.9 cm³/mol. The van der Waals surface area contributed by atoms with Crippen molar-refractivity contribution in [2.24, 2.45) is 0 Å². The second kappa shape index (κ2) is 7.61. The molecule has 1 amide bonds. The number of nitrogens with one attached hydrogen (secondary N) is 1. The van der Waals surface area contributed by atoms with E-state index in [1.54, 1.807) is 18.2 Å². The van der Waals surface area contributed by atoms with Gasteiger partial charge in [0.25, 0.3) is 5.56 Å². The first-order chi connectivity index (χ1) is 13.7. The van der Waals surface area contributed by atoms with Crippen molar-refractivity contribution < 1.29 is 13.7 Å². The van der Waals surface area contributed by atoms with Gasteiger partial charge in [-0.05, 0) is 18.2 Å². The molecule has 0 unspecified atom stereocenters. The molecule has 4 rings (SSSR count). The second-order valence-electron chi connectivity index (χ2n) is 5.53.